The summed E-state index contributed by atoms with van der Waals surface area (Å²) in [6.07, 6.45) is 7.19. The van der Waals surface area contributed by atoms with Gasteiger partial charge in [0.2, 0.25) is 11.1 Å². The van der Waals surface area contributed by atoms with Crippen LogP contribution in [0.25, 0.3) is 11.4 Å². The number of anilines is 1. The fourth-order valence-corrected chi connectivity index (χ4v) is 3.65. The van der Waals surface area contributed by atoms with Crippen molar-refractivity contribution >= 4 is 23.4 Å². The largest absolute Gasteiger partial charge is 0.497 e. The van der Waals surface area contributed by atoms with Gasteiger partial charge < -0.3 is 14.8 Å². The third-order valence-corrected chi connectivity index (χ3v) is 5.29. The van der Waals surface area contributed by atoms with Crippen LogP contribution in [0.5, 0.6) is 11.5 Å². The van der Waals surface area contributed by atoms with E-state index in [1.54, 1.807) is 44.8 Å². The molecule has 0 aliphatic carbocycles. The number of aromatic nitrogens is 5. The number of nitrogens with one attached hydrogen (secondary N) is 1. The number of carbonyl (C=O) groups excluding carboxylic acids is 1. The van der Waals surface area contributed by atoms with Gasteiger partial charge in [-0.25, -0.2) is 4.68 Å². The van der Waals surface area contributed by atoms with Gasteiger partial charge in [0.1, 0.15) is 11.5 Å². The molecule has 158 valence electrons. The van der Waals surface area contributed by atoms with E-state index < -0.39 is 0 Å². The Hall–Kier alpha value is -3.79. The molecule has 0 radical (unpaired) electrons. The Balaban J connectivity index is 1.53. The second kappa shape index (κ2) is 9.35. The first-order valence-electron chi connectivity index (χ1n) is 9.33. The molecule has 0 bridgehead atoms. The standard InChI is InChI=1S/C21H20N6O3S/c1-29-16-7-8-17(18(12-16)30-2)23-19(28)14-31-21-25-24-20(15-6-5-9-22-13-15)27(21)26-10-3-4-11-26/h3-13H,14H2,1-2H3,(H,23,28). The van der Waals surface area contributed by atoms with E-state index in [0.29, 0.717) is 28.2 Å². The van der Waals surface area contributed by atoms with E-state index >= 15 is 0 Å². The molecule has 9 nitrogen and oxygen atoms in total. The van der Waals surface area contributed by atoms with Crippen molar-refractivity contribution < 1.29 is 14.3 Å². The number of pyridine rings is 1. The van der Waals surface area contributed by atoms with E-state index in [9.17, 15) is 4.79 Å². The van der Waals surface area contributed by atoms with Crippen LogP contribution in [-0.4, -0.2) is 50.4 Å². The van der Waals surface area contributed by atoms with Gasteiger partial charge in [-0.15, -0.1) is 10.2 Å². The molecular formula is C21H20N6O3S. The minimum absolute atomic E-state index is 0.141. The van der Waals surface area contributed by atoms with Crippen LogP contribution in [0.3, 0.4) is 0 Å². The van der Waals surface area contributed by atoms with Crippen LogP contribution in [0.15, 0.2) is 72.4 Å². The fourth-order valence-electron chi connectivity index (χ4n) is 2.92. The van der Waals surface area contributed by atoms with Crippen LogP contribution in [0.4, 0.5) is 5.69 Å². The molecule has 0 fully saturated rings. The molecule has 10 heteroatoms. The molecule has 0 saturated carbocycles. The predicted octanol–water partition coefficient (Wildman–Crippen LogP) is 3.20. The monoisotopic (exact) mass is 436 g/mol. The lowest BCUT2D eigenvalue weighted by molar-refractivity contribution is -0.113. The molecule has 0 unspecified atom stereocenters. The van der Waals surface area contributed by atoms with Gasteiger partial charge in [-0.05, 0) is 36.4 Å². The molecule has 0 aliphatic rings. The van der Waals surface area contributed by atoms with E-state index in [1.807, 2.05) is 46.0 Å². The normalized spacial score (nSPS) is 10.6. The molecule has 0 spiro atoms. The zero-order valence-corrected chi connectivity index (χ0v) is 17.7. The fraction of sp³-hybridized carbons (Fsp3) is 0.143. The zero-order chi connectivity index (χ0) is 21.6. The number of benzene rings is 1. The summed E-state index contributed by atoms with van der Waals surface area (Å²) in [5, 5.41) is 12.0. The minimum Gasteiger partial charge on any atom is -0.497 e. The molecule has 3 heterocycles. The van der Waals surface area contributed by atoms with Gasteiger partial charge >= 0.3 is 0 Å². The Labute approximate surface area is 183 Å². The molecular weight excluding hydrogens is 416 g/mol. The lowest BCUT2D eigenvalue weighted by Gasteiger charge is -2.12. The van der Waals surface area contributed by atoms with Crippen LogP contribution in [-0.2, 0) is 4.79 Å². The first-order valence-corrected chi connectivity index (χ1v) is 10.3. The Bertz CT molecular complexity index is 1160. The highest BCUT2D eigenvalue weighted by atomic mass is 32.2. The summed E-state index contributed by atoms with van der Waals surface area (Å²) in [6.45, 7) is 0. The van der Waals surface area contributed by atoms with Gasteiger partial charge in [0.05, 0.1) is 25.7 Å². The maximum Gasteiger partial charge on any atom is 0.234 e. The summed E-state index contributed by atoms with van der Waals surface area (Å²) in [5.74, 6) is 1.74. The lowest BCUT2D eigenvalue weighted by atomic mass is 10.2. The molecule has 1 aromatic carbocycles. The molecule has 1 amide bonds. The number of carbonyl (C=O) groups is 1. The summed E-state index contributed by atoms with van der Waals surface area (Å²) >= 11 is 1.28. The summed E-state index contributed by atoms with van der Waals surface area (Å²) in [5.41, 5.74) is 1.39. The van der Waals surface area contributed by atoms with Crippen molar-refractivity contribution in [2.45, 2.75) is 5.16 Å². The summed E-state index contributed by atoms with van der Waals surface area (Å²) in [7, 11) is 3.11. The van der Waals surface area contributed by atoms with E-state index in [1.165, 1.54) is 11.8 Å². The predicted molar refractivity (Wildman–Crippen MR) is 117 cm³/mol. The molecule has 0 atom stereocenters. The van der Waals surface area contributed by atoms with E-state index in [2.05, 4.69) is 20.5 Å². The van der Waals surface area contributed by atoms with Crippen molar-refractivity contribution in [2.24, 2.45) is 0 Å². The van der Waals surface area contributed by atoms with Crippen molar-refractivity contribution in [1.29, 1.82) is 0 Å². The molecule has 0 saturated heterocycles. The van der Waals surface area contributed by atoms with Gasteiger partial charge in [-0.1, -0.05) is 11.8 Å². The zero-order valence-electron chi connectivity index (χ0n) is 16.9. The Morgan fingerprint density at radius 1 is 1.10 bits per heavy atom. The van der Waals surface area contributed by atoms with Crippen LogP contribution >= 0.6 is 11.8 Å². The van der Waals surface area contributed by atoms with Crippen molar-refractivity contribution in [3.05, 3.63) is 67.3 Å². The lowest BCUT2D eigenvalue weighted by Crippen LogP contribution is -2.16. The average molecular weight is 436 g/mol. The quantitative estimate of drug-likeness (QED) is 0.424. The highest BCUT2D eigenvalue weighted by Crippen LogP contribution is 2.29. The molecule has 4 rings (SSSR count). The Morgan fingerprint density at radius 3 is 2.65 bits per heavy atom. The van der Waals surface area contributed by atoms with Crippen LogP contribution < -0.4 is 14.8 Å². The summed E-state index contributed by atoms with van der Waals surface area (Å²) < 4.78 is 14.2. The topological polar surface area (TPSA) is 96.1 Å². The average Bonchev–Trinajstić information content (AvgIpc) is 3.48. The van der Waals surface area contributed by atoms with E-state index in [-0.39, 0.29) is 11.7 Å². The van der Waals surface area contributed by atoms with Crippen molar-refractivity contribution in [2.75, 3.05) is 25.3 Å². The van der Waals surface area contributed by atoms with Gasteiger partial charge in [-0.2, -0.15) is 0 Å². The molecule has 31 heavy (non-hydrogen) atoms. The SMILES string of the molecule is COc1ccc(NC(=O)CSc2nnc(-c3cccnc3)n2-n2cccc2)c(OC)c1. The molecule has 1 N–H and O–H groups in total. The number of nitrogens with zero attached hydrogens (tertiary/aromatic N) is 5. The molecule has 0 aliphatic heterocycles. The van der Waals surface area contributed by atoms with Crippen molar-refractivity contribution in [3.63, 3.8) is 0 Å². The first kappa shape index (κ1) is 20.5. The molecule has 4 aromatic rings. The third kappa shape index (κ3) is 4.53. The van der Waals surface area contributed by atoms with Gasteiger partial charge in [0, 0.05) is 36.4 Å². The number of amides is 1. The van der Waals surface area contributed by atoms with Gasteiger partial charge in [-0.3, -0.25) is 14.5 Å². The number of hydrogen-bond donors (Lipinski definition) is 1. The van der Waals surface area contributed by atoms with E-state index in [4.69, 9.17) is 9.47 Å². The highest BCUT2D eigenvalue weighted by molar-refractivity contribution is 7.99. The van der Waals surface area contributed by atoms with Crippen LogP contribution in [0, 0.1) is 0 Å². The second-order valence-corrected chi connectivity index (χ2v) is 7.27. The number of rotatable bonds is 8. The number of ether oxygens (including phenoxy) is 2. The maximum absolute atomic E-state index is 12.6. The van der Waals surface area contributed by atoms with Crippen LogP contribution in [0.1, 0.15) is 0 Å². The highest BCUT2D eigenvalue weighted by Gasteiger charge is 2.17. The third-order valence-electron chi connectivity index (χ3n) is 4.37. The van der Waals surface area contributed by atoms with Gasteiger partial charge in [0.25, 0.3) is 0 Å². The number of hydrogen-bond acceptors (Lipinski definition) is 7. The minimum atomic E-state index is -0.196. The number of methoxy groups -OCH3 is 2. The van der Waals surface area contributed by atoms with Crippen LogP contribution in [0.2, 0.25) is 0 Å². The first-order chi connectivity index (χ1) is 15.2. The van der Waals surface area contributed by atoms with Crippen molar-refractivity contribution in [1.82, 2.24) is 24.5 Å². The van der Waals surface area contributed by atoms with E-state index in [0.717, 1.165) is 5.56 Å². The second-order valence-electron chi connectivity index (χ2n) is 6.33. The summed E-state index contributed by atoms with van der Waals surface area (Å²) in [4.78, 5) is 16.8. The Kier molecular flexibility index (Phi) is 6.18. The van der Waals surface area contributed by atoms with Gasteiger partial charge in [0.15, 0.2) is 5.82 Å². The Morgan fingerprint density at radius 2 is 1.94 bits per heavy atom. The van der Waals surface area contributed by atoms with Crippen molar-refractivity contribution in [3.8, 4) is 22.9 Å². The number of thioether (sulfide) groups is 1. The smallest absolute Gasteiger partial charge is 0.234 e. The summed E-state index contributed by atoms with van der Waals surface area (Å²) in [6, 6.07) is 12.8. The molecule has 3 aromatic heterocycles. The maximum atomic E-state index is 12.6.